The molecule has 1 aliphatic rings. The van der Waals surface area contributed by atoms with Crippen LogP contribution in [-0.2, 0) is 10.0 Å². The molecule has 9 heteroatoms. The maximum Gasteiger partial charge on any atom is 0.265 e. The molecule has 30 heavy (non-hydrogen) atoms. The molecule has 1 amide bonds. The van der Waals surface area contributed by atoms with Gasteiger partial charge in [-0.05, 0) is 36.8 Å². The number of rotatable bonds is 4. The van der Waals surface area contributed by atoms with Crippen molar-refractivity contribution in [2.24, 2.45) is 4.99 Å². The van der Waals surface area contributed by atoms with Gasteiger partial charge in [0.25, 0.3) is 15.9 Å². The van der Waals surface area contributed by atoms with Crippen LogP contribution in [0.4, 0.5) is 5.69 Å². The van der Waals surface area contributed by atoms with E-state index in [0.29, 0.717) is 29.4 Å². The van der Waals surface area contributed by atoms with Crippen LogP contribution in [0.1, 0.15) is 22.5 Å². The van der Waals surface area contributed by atoms with Crippen LogP contribution in [0.5, 0.6) is 0 Å². The van der Waals surface area contributed by atoms with Gasteiger partial charge >= 0.3 is 0 Å². The lowest BCUT2D eigenvalue weighted by atomic mass is 10.2. The van der Waals surface area contributed by atoms with Gasteiger partial charge in [0.05, 0.1) is 14.5 Å². The lowest BCUT2D eigenvalue weighted by Crippen LogP contribution is -2.29. The van der Waals surface area contributed by atoms with Gasteiger partial charge in [0.1, 0.15) is 5.84 Å². The summed E-state index contributed by atoms with van der Waals surface area (Å²) in [6.07, 6.45) is 1.47. The van der Waals surface area contributed by atoms with Crippen molar-refractivity contribution in [2.45, 2.75) is 17.7 Å². The molecule has 0 saturated carbocycles. The number of nitrogens with one attached hydrogen (secondary N) is 2. The quantitative estimate of drug-likeness (QED) is 0.462. The summed E-state index contributed by atoms with van der Waals surface area (Å²) in [7, 11) is -3.73. The molecule has 0 atom stereocenters. The van der Waals surface area contributed by atoms with E-state index in [9.17, 15) is 13.2 Å². The summed E-state index contributed by atoms with van der Waals surface area (Å²) in [6.45, 7) is 0.640. The van der Waals surface area contributed by atoms with E-state index in [4.69, 9.17) is 0 Å². The van der Waals surface area contributed by atoms with Crippen molar-refractivity contribution in [1.82, 2.24) is 4.72 Å². The number of carbonyl (C=O) groups is 1. The minimum atomic E-state index is -3.73. The number of aliphatic imine (C=N–C) groups is 1. The van der Waals surface area contributed by atoms with Gasteiger partial charge < -0.3 is 5.32 Å². The lowest BCUT2D eigenvalue weighted by molar-refractivity contribution is 0.103. The summed E-state index contributed by atoms with van der Waals surface area (Å²) < 4.78 is 31.1. The third-order valence-electron chi connectivity index (χ3n) is 4.80. The number of amidine groups is 1. The second-order valence-corrected chi connectivity index (χ2v) is 10.7. The fourth-order valence-corrected chi connectivity index (χ4v) is 6.94. The van der Waals surface area contributed by atoms with Crippen LogP contribution < -0.4 is 10.0 Å². The molecule has 0 bridgehead atoms. The van der Waals surface area contributed by atoms with Crippen LogP contribution in [0.15, 0.2) is 64.5 Å². The molecule has 152 valence electrons. The summed E-state index contributed by atoms with van der Waals surface area (Å²) in [5.74, 6) is 0.227. The Labute approximate surface area is 181 Å². The first-order valence-electron chi connectivity index (χ1n) is 9.38. The maximum absolute atomic E-state index is 12.8. The van der Waals surface area contributed by atoms with E-state index in [1.165, 1.54) is 28.2 Å². The smallest absolute Gasteiger partial charge is 0.265 e. The van der Waals surface area contributed by atoms with Gasteiger partial charge in [-0.3, -0.25) is 14.5 Å². The SMILES string of the molecule is O=C(Nc1cccc(S(=O)(=O)NC2=NCCC2)c1)c1cc2sc3ccccc3c2s1. The Morgan fingerprint density at radius 3 is 2.70 bits per heavy atom. The van der Waals surface area contributed by atoms with Gasteiger partial charge in [-0.15, -0.1) is 22.7 Å². The van der Waals surface area contributed by atoms with Crippen molar-refractivity contribution >= 4 is 69.6 Å². The largest absolute Gasteiger partial charge is 0.321 e. The molecule has 2 aromatic heterocycles. The minimum Gasteiger partial charge on any atom is -0.321 e. The average Bonchev–Trinajstić information content (AvgIpc) is 3.44. The number of nitrogens with zero attached hydrogens (tertiary/aromatic N) is 1. The van der Waals surface area contributed by atoms with E-state index in [0.717, 1.165) is 21.2 Å². The summed E-state index contributed by atoms with van der Waals surface area (Å²) in [6, 6.07) is 16.3. The summed E-state index contributed by atoms with van der Waals surface area (Å²) in [5, 5.41) is 3.97. The van der Waals surface area contributed by atoms with E-state index < -0.39 is 10.0 Å². The number of fused-ring (bicyclic) bond motifs is 3. The minimum absolute atomic E-state index is 0.0908. The number of amides is 1. The highest BCUT2D eigenvalue weighted by Gasteiger charge is 2.19. The van der Waals surface area contributed by atoms with Crippen LogP contribution in [0.3, 0.4) is 0 Å². The zero-order valence-electron chi connectivity index (χ0n) is 15.7. The van der Waals surface area contributed by atoms with Crippen LogP contribution in [0.25, 0.3) is 19.5 Å². The predicted molar refractivity (Wildman–Crippen MR) is 123 cm³/mol. The van der Waals surface area contributed by atoms with Gasteiger partial charge in [-0.2, -0.15) is 0 Å². The molecule has 3 heterocycles. The predicted octanol–water partition coefficient (Wildman–Crippen LogP) is 4.84. The number of sulfonamides is 1. The molecule has 2 aromatic carbocycles. The summed E-state index contributed by atoms with van der Waals surface area (Å²) in [4.78, 5) is 17.6. The fourth-order valence-electron chi connectivity index (χ4n) is 3.38. The first-order valence-corrected chi connectivity index (χ1v) is 12.5. The number of hydrogen-bond donors (Lipinski definition) is 2. The number of hydrogen-bond acceptors (Lipinski definition) is 6. The molecule has 5 rings (SSSR count). The standard InChI is InChI=1S/C21H17N3O3S3/c25-21(18-12-17-20(29-18)15-7-1-2-8-16(15)28-17)23-13-5-3-6-14(11-13)30(26,27)24-19-9-4-10-22-19/h1-3,5-8,11-12H,4,9-10H2,(H,22,24)(H,23,25). The van der Waals surface area contributed by atoms with Crippen molar-refractivity contribution in [3.8, 4) is 0 Å². The molecule has 0 unspecified atom stereocenters. The molecule has 0 fully saturated rings. The summed E-state index contributed by atoms with van der Waals surface area (Å²) >= 11 is 3.10. The van der Waals surface area contributed by atoms with Gasteiger partial charge in [-0.25, -0.2) is 8.42 Å². The van der Waals surface area contributed by atoms with E-state index in [2.05, 4.69) is 27.2 Å². The Hall–Kier alpha value is -2.75. The first-order chi connectivity index (χ1) is 14.5. The van der Waals surface area contributed by atoms with Crippen LogP contribution in [0, 0.1) is 0 Å². The molecule has 1 aliphatic heterocycles. The molecule has 6 nitrogen and oxygen atoms in total. The molecule has 0 saturated heterocycles. The van der Waals surface area contributed by atoms with Crippen LogP contribution in [-0.4, -0.2) is 26.7 Å². The van der Waals surface area contributed by atoms with E-state index in [1.54, 1.807) is 23.5 Å². The number of thiophene rings is 2. The highest BCUT2D eigenvalue weighted by atomic mass is 32.2. The highest BCUT2D eigenvalue weighted by Crippen LogP contribution is 2.39. The number of anilines is 1. The molecular formula is C21H17N3O3S3. The number of benzene rings is 2. The third kappa shape index (κ3) is 3.60. The normalized spacial score (nSPS) is 14.2. The van der Waals surface area contributed by atoms with E-state index in [1.807, 2.05) is 18.2 Å². The molecule has 0 spiro atoms. The molecule has 0 aliphatic carbocycles. The third-order valence-corrected chi connectivity index (χ3v) is 8.60. The Bertz CT molecular complexity index is 1420. The zero-order chi connectivity index (χ0) is 20.7. The number of carbonyl (C=O) groups excluding carboxylic acids is 1. The summed E-state index contributed by atoms with van der Waals surface area (Å²) in [5.41, 5.74) is 0.429. The first kappa shape index (κ1) is 19.2. The van der Waals surface area contributed by atoms with Gasteiger partial charge in [-0.1, -0.05) is 24.3 Å². The fraction of sp³-hybridized carbons (Fsp3) is 0.143. The van der Waals surface area contributed by atoms with Gasteiger partial charge in [0.2, 0.25) is 0 Å². The molecule has 4 aromatic rings. The van der Waals surface area contributed by atoms with Crippen molar-refractivity contribution in [2.75, 3.05) is 11.9 Å². The Balaban J connectivity index is 1.38. The molecule has 0 radical (unpaired) electrons. The van der Waals surface area contributed by atoms with Crippen molar-refractivity contribution in [3.63, 3.8) is 0 Å². The van der Waals surface area contributed by atoms with E-state index in [-0.39, 0.29) is 10.8 Å². The lowest BCUT2D eigenvalue weighted by Gasteiger charge is -2.09. The second-order valence-electron chi connectivity index (χ2n) is 6.92. The zero-order valence-corrected chi connectivity index (χ0v) is 18.2. The van der Waals surface area contributed by atoms with E-state index >= 15 is 0 Å². The van der Waals surface area contributed by atoms with Crippen LogP contribution >= 0.6 is 22.7 Å². The van der Waals surface area contributed by atoms with Crippen molar-refractivity contribution in [3.05, 3.63) is 59.5 Å². The Kier molecular flexibility index (Phi) is 4.80. The van der Waals surface area contributed by atoms with Crippen LogP contribution in [0.2, 0.25) is 0 Å². The van der Waals surface area contributed by atoms with Crippen molar-refractivity contribution in [1.29, 1.82) is 0 Å². The van der Waals surface area contributed by atoms with Gasteiger partial charge in [0.15, 0.2) is 0 Å². The molecule has 2 N–H and O–H groups in total. The monoisotopic (exact) mass is 455 g/mol. The van der Waals surface area contributed by atoms with Crippen molar-refractivity contribution < 1.29 is 13.2 Å². The second kappa shape index (κ2) is 7.50. The van der Waals surface area contributed by atoms with Gasteiger partial charge in [0, 0.05) is 33.4 Å². The Morgan fingerprint density at radius 2 is 1.87 bits per heavy atom. The Morgan fingerprint density at radius 1 is 1.00 bits per heavy atom. The topological polar surface area (TPSA) is 87.6 Å². The average molecular weight is 456 g/mol. The highest BCUT2D eigenvalue weighted by molar-refractivity contribution is 7.90. The maximum atomic E-state index is 12.8. The molecular weight excluding hydrogens is 438 g/mol.